The van der Waals surface area contributed by atoms with Gasteiger partial charge < -0.3 is 30.5 Å². The number of nitrogens with zero attached hydrogens (tertiary/aromatic N) is 4. The van der Waals surface area contributed by atoms with Gasteiger partial charge in [-0.1, -0.05) is 6.42 Å². The van der Waals surface area contributed by atoms with Crippen molar-refractivity contribution in [2.24, 2.45) is 5.92 Å². The molecule has 1 aromatic heterocycles. The summed E-state index contributed by atoms with van der Waals surface area (Å²) in [7, 11) is 3.87. The molecule has 0 bridgehead atoms. The number of nitrogens with one attached hydrogen (secondary N) is 3. The lowest BCUT2D eigenvalue weighted by atomic mass is 10.0. The molecule has 1 saturated carbocycles. The Balaban J connectivity index is 1.58. The molecule has 2 fully saturated rings. The van der Waals surface area contributed by atoms with Gasteiger partial charge in [0, 0.05) is 43.1 Å². The maximum atomic E-state index is 13.9. The Bertz CT molecular complexity index is 1310. The van der Waals surface area contributed by atoms with E-state index < -0.39 is 29.5 Å². The number of ether oxygens (including phenoxy) is 1. The van der Waals surface area contributed by atoms with Gasteiger partial charge in [0.15, 0.2) is 0 Å². The largest absolute Gasteiger partial charge is 0.490 e. The lowest BCUT2D eigenvalue weighted by molar-refractivity contribution is -0.137. The molecule has 1 aliphatic heterocycles. The molecule has 2 atom stereocenters. The van der Waals surface area contributed by atoms with Crippen molar-refractivity contribution in [1.29, 1.82) is 0 Å². The maximum absolute atomic E-state index is 13.9. The van der Waals surface area contributed by atoms with Gasteiger partial charge in [-0.15, -0.1) is 0 Å². The molecule has 1 saturated heterocycles. The summed E-state index contributed by atoms with van der Waals surface area (Å²) in [5.74, 6) is -0.936. The summed E-state index contributed by atoms with van der Waals surface area (Å²) >= 11 is 0. The third-order valence-electron chi connectivity index (χ3n) is 8.09. The van der Waals surface area contributed by atoms with Crippen LogP contribution in [0.4, 0.5) is 30.6 Å². The number of carbonyl (C=O) groups excluding carboxylic acids is 2. The molecule has 1 aromatic carbocycles. The van der Waals surface area contributed by atoms with Gasteiger partial charge in [0.1, 0.15) is 17.1 Å². The Kier molecular flexibility index (Phi) is 10.6. The van der Waals surface area contributed by atoms with Crippen LogP contribution < -0.4 is 20.7 Å². The van der Waals surface area contributed by atoms with E-state index in [0.29, 0.717) is 36.3 Å². The highest BCUT2D eigenvalue weighted by Gasteiger charge is 2.39. The van der Waals surface area contributed by atoms with Crippen LogP contribution in [0.3, 0.4) is 0 Å². The Hall–Kier alpha value is -3.61. The van der Waals surface area contributed by atoms with E-state index in [1.807, 2.05) is 27.7 Å². The molecule has 242 valence electrons. The average Bonchev–Trinajstić information content (AvgIpc) is 3.40. The molecule has 2 aromatic rings. The second-order valence-corrected chi connectivity index (χ2v) is 12.4. The van der Waals surface area contributed by atoms with E-state index in [1.54, 1.807) is 30.1 Å². The number of piperidine rings is 1. The number of benzene rings is 1. The van der Waals surface area contributed by atoms with Crippen LogP contribution in [0.15, 0.2) is 24.4 Å². The summed E-state index contributed by atoms with van der Waals surface area (Å²) in [5, 5.41) is 8.73. The van der Waals surface area contributed by atoms with Gasteiger partial charge in [-0.2, -0.15) is 18.2 Å². The van der Waals surface area contributed by atoms with E-state index in [2.05, 4.69) is 37.9 Å². The van der Waals surface area contributed by atoms with Gasteiger partial charge in [0.05, 0.1) is 17.6 Å². The third-order valence-corrected chi connectivity index (χ3v) is 8.09. The molecule has 13 heteroatoms. The minimum absolute atomic E-state index is 0.0697. The van der Waals surface area contributed by atoms with Crippen molar-refractivity contribution >= 4 is 29.3 Å². The number of halogens is 3. The van der Waals surface area contributed by atoms with E-state index in [9.17, 15) is 22.8 Å². The first kappa shape index (κ1) is 33.3. The molecule has 4 rings (SSSR count). The summed E-state index contributed by atoms with van der Waals surface area (Å²) in [6.07, 6.45) is -0.611. The van der Waals surface area contributed by atoms with Crippen LogP contribution in [-0.4, -0.2) is 83.0 Å². The number of aromatic nitrogens is 2. The van der Waals surface area contributed by atoms with Crippen molar-refractivity contribution in [3.63, 3.8) is 0 Å². The highest BCUT2D eigenvalue weighted by atomic mass is 19.4. The molecule has 0 spiro atoms. The normalized spacial score (nSPS) is 19.7. The smallest absolute Gasteiger partial charge is 0.421 e. The summed E-state index contributed by atoms with van der Waals surface area (Å²) in [4.78, 5) is 38.4. The van der Waals surface area contributed by atoms with Crippen molar-refractivity contribution in [3.05, 3.63) is 35.5 Å². The molecule has 2 amide bonds. The number of hydrogen-bond acceptors (Lipinski definition) is 8. The van der Waals surface area contributed by atoms with Crippen molar-refractivity contribution in [1.82, 2.24) is 25.1 Å². The zero-order valence-electron chi connectivity index (χ0n) is 26.3. The lowest BCUT2D eigenvalue weighted by Gasteiger charge is -2.35. The number of likely N-dealkylation sites (tertiary alicyclic amines) is 1. The predicted molar refractivity (Wildman–Crippen MR) is 163 cm³/mol. The number of carbonyl (C=O) groups is 2. The van der Waals surface area contributed by atoms with Crippen molar-refractivity contribution in [2.75, 3.05) is 37.8 Å². The zero-order chi connectivity index (χ0) is 32.2. The molecular formula is C31H44F3N7O3. The molecular weight excluding hydrogens is 575 g/mol. The number of rotatable bonds is 10. The number of amides is 2. The Labute approximate surface area is 257 Å². The molecule has 2 heterocycles. The first-order valence-corrected chi connectivity index (χ1v) is 15.3. The van der Waals surface area contributed by atoms with Gasteiger partial charge in [-0.25, -0.2) is 4.98 Å². The van der Waals surface area contributed by atoms with Crippen molar-refractivity contribution < 1.29 is 27.5 Å². The number of hydrogen-bond donors (Lipinski definition) is 3. The van der Waals surface area contributed by atoms with Gasteiger partial charge >= 0.3 is 6.18 Å². The number of alkyl halides is 3. The van der Waals surface area contributed by atoms with Gasteiger partial charge in [0.2, 0.25) is 11.9 Å². The van der Waals surface area contributed by atoms with Crippen molar-refractivity contribution in [3.8, 4) is 5.75 Å². The summed E-state index contributed by atoms with van der Waals surface area (Å²) in [5.41, 5.74) is -0.173. The second-order valence-electron chi connectivity index (χ2n) is 12.4. The quantitative estimate of drug-likeness (QED) is 0.329. The Morgan fingerprint density at radius 1 is 1.09 bits per heavy atom. The Morgan fingerprint density at radius 3 is 2.43 bits per heavy atom. The van der Waals surface area contributed by atoms with E-state index in [0.717, 1.165) is 32.1 Å². The lowest BCUT2D eigenvalue weighted by Crippen LogP contribution is -2.44. The van der Waals surface area contributed by atoms with Crippen LogP contribution in [0.1, 0.15) is 75.7 Å². The van der Waals surface area contributed by atoms with Crippen LogP contribution in [0.5, 0.6) is 5.75 Å². The first-order valence-electron chi connectivity index (χ1n) is 15.3. The standard InChI is InChI=1S/C31H44F3N7O3/c1-18(2)36-28(42)22-8-7-9-25(22)38-27-24(31(32,33)34)17-35-30(39-27)37-20-10-11-23(26(16-20)44-19(3)4)29(43)41(6)21-12-14-40(5)15-13-21/h10-11,16-19,21-22,25H,7-9,12-15H2,1-6H3,(H,36,42)(H2,35,37,38,39)/t22-,25+/m0/s1. The summed E-state index contributed by atoms with van der Waals surface area (Å²) in [6, 6.07) is 4.47. The fourth-order valence-electron chi connectivity index (χ4n) is 5.77. The average molecular weight is 620 g/mol. The van der Waals surface area contributed by atoms with E-state index in [-0.39, 0.29) is 36.0 Å². The Morgan fingerprint density at radius 2 is 1.80 bits per heavy atom. The topological polar surface area (TPSA) is 112 Å². The molecule has 0 radical (unpaired) electrons. The van der Waals surface area contributed by atoms with Crippen LogP contribution in [0.2, 0.25) is 0 Å². The highest BCUT2D eigenvalue weighted by molar-refractivity contribution is 5.97. The first-order chi connectivity index (χ1) is 20.7. The molecule has 10 nitrogen and oxygen atoms in total. The van der Waals surface area contributed by atoms with Gasteiger partial charge in [0.25, 0.3) is 5.91 Å². The minimum atomic E-state index is -4.70. The van der Waals surface area contributed by atoms with Crippen LogP contribution in [0, 0.1) is 5.92 Å². The monoisotopic (exact) mass is 619 g/mol. The molecule has 2 aliphatic rings. The summed E-state index contributed by atoms with van der Waals surface area (Å²) < 4.78 is 47.8. The molecule has 44 heavy (non-hydrogen) atoms. The van der Waals surface area contributed by atoms with Crippen LogP contribution in [-0.2, 0) is 11.0 Å². The maximum Gasteiger partial charge on any atom is 0.421 e. The zero-order valence-corrected chi connectivity index (χ0v) is 26.3. The minimum Gasteiger partial charge on any atom is -0.490 e. The van der Waals surface area contributed by atoms with E-state index in [4.69, 9.17) is 4.74 Å². The SMILES string of the molecule is CC(C)NC(=O)[C@H]1CCC[C@H]1Nc1nc(Nc2ccc(C(=O)N(C)C3CCN(C)CC3)c(OC(C)C)c2)ncc1C(F)(F)F. The fraction of sp³-hybridized carbons (Fsp3) is 0.613. The summed E-state index contributed by atoms with van der Waals surface area (Å²) in [6.45, 7) is 9.21. The van der Waals surface area contributed by atoms with E-state index >= 15 is 0 Å². The molecule has 1 aliphatic carbocycles. The molecule has 3 N–H and O–H groups in total. The van der Waals surface area contributed by atoms with Gasteiger partial charge in [-0.3, -0.25) is 9.59 Å². The highest BCUT2D eigenvalue weighted by Crippen LogP contribution is 2.37. The van der Waals surface area contributed by atoms with Crippen molar-refractivity contribution in [2.45, 2.75) is 90.2 Å². The predicted octanol–water partition coefficient (Wildman–Crippen LogP) is 5.30. The van der Waals surface area contributed by atoms with Crippen LogP contribution >= 0.6 is 0 Å². The van der Waals surface area contributed by atoms with E-state index in [1.165, 1.54) is 0 Å². The third kappa shape index (κ3) is 8.30. The second kappa shape index (κ2) is 14.0. The van der Waals surface area contributed by atoms with Crippen LogP contribution in [0.25, 0.3) is 0 Å². The number of anilines is 3. The fourth-order valence-corrected chi connectivity index (χ4v) is 5.77. The molecule has 0 unspecified atom stereocenters. The van der Waals surface area contributed by atoms with Gasteiger partial charge in [-0.05, 0) is 85.6 Å².